The molecular weight excluding hydrogens is 114 g/mol. The van der Waals surface area contributed by atoms with Crippen molar-refractivity contribution in [2.75, 3.05) is 0 Å². The maximum absolute atomic E-state index is 11.2. The van der Waals surface area contributed by atoms with Gasteiger partial charge in [-0.05, 0) is 0 Å². The third-order valence-electron chi connectivity index (χ3n) is 0.550. The van der Waals surface area contributed by atoms with Crippen molar-refractivity contribution in [2.45, 2.75) is 12.8 Å². The fourth-order valence-corrected chi connectivity index (χ4v) is 0.511. The highest BCUT2D eigenvalue weighted by Crippen LogP contribution is 1.97. The summed E-state index contributed by atoms with van der Waals surface area (Å²) < 4.78 is 22.4. The lowest BCUT2D eigenvalue weighted by Gasteiger charge is -1.85. The summed E-state index contributed by atoms with van der Waals surface area (Å²) in [4.78, 5) is 0. The standard InChI is InChI=1S/C4H8F2Si/c5-4(6)2-1-3-7/h1,3-4H,2H2,7H3. The van der Waals surface area contributed by atoms with Crippen LogP contribution in [0, 0.1) is 0 Å². The topological polar surface area (TPSA) is 0 Å². The van der Waals surface area contributed by atoms with Crippen LogP contribution in [-0.4, -0.2) is 16.7 Å². The fraction of sp³-hybridized carbons (Fsp3) is 0.500. The van der Waals surface area contributed by atoms with Gasteiger partial charge < -0.3 is 0 Å². The first kappa shape index (κ1) is 6.82. The van der Waals surface area contributed by atoms with Crippen LogP contribution in [0.4, 0.5) is 8.78 Å². The van der Waals surface area contributed by atoms with Crippen LogP contribution in [0.25, 0.3) is 0 Å². The monoisotopic (exact) mass is 122 g/mol. The van der Waals surface area contributed by atoms with Gasteiger partial charge in [0.15, 0.2) is 0 Å². The molecule has 0 nitrogen and oxygen atoms in total. The molecule has 0 radical (unpaired) electrons. The average Bonchev–Trinajstić information content (AvgIpc) is 1.61. The number of rotatable bonds is 2. The molecule has 0 aliphatic carbocycles. The Hall–Kier alpha value is -0.183. The second-order valence-corrected chi connectivity index (χ2v) is 1.86. The minimum Gasteiger partial charge on any atom is -0.210 e. The van der Waals surface area contributed by atoms with Crippen LogP contribution >= 0.6 is 0 Å². The summed E-state index contributed by atoms with van der Waals surface area (Å²) in [5.41, 5.74) is 1.76. The Morgan fingerprint density at radius 1 is 1.57 bits per heavy atom. The molecule has 0 fully saturated rings. The lowest BCUT2D eigenvalue weighted by atomic mass is 10.4. The predicted molar refractivity (Wildman–Crippen MR) is 29.7 cm³/mol. The minimum absolute atomic E-state index is 0.0799. The minimum atomic E-state index is -2.16. The largest absolute Gasteiger partial charge is 0.242 e. The van der Waals surface area contributed by atoms with Gasteiger partial charge in [-0.2, -0.15) is 0 Å². The van der Waals surface area contributed by atoms with Gasteiger partial charge in [0.1, 0.15) is 0 Å². The van der Waals surface area contributed by atoms with Gasteiger partial charge >= 0.3 is 0 Å². The van der Waals surface area contributed by atoms with Crippen molar-refractivity contribution < 1.29 is 8.78 Å². The Bertz CT molecular complexity index is 60.7. The Balaban J connectivity index is 2.97. The second kappa shape index (κ2) is 3.99. The average molecular weight is 122 g/mol. The van der Waals surface area contributed by atoms with Crippen molar-refractivity contribution in [1.29, 1.82) is 0 Å². The molecule has 3 heteroatoms. The van der Waals surface area contributed by atoms with Crippen LogP contribution in [0.2, 0.25) is 0 Å². The third kappa shape index (κ3) is 5.82. The van der Waals surface area contributed by atoms with Gasteiger partial charge in [-0.3, -0.25) is 0 Å². The molecule has 0 bridgehead atoms. The van der Waals surface area contributed by atoms with Crippen LogP contribution < -0.4 is 0 Å². The van der Waals surface area contributed by atoms with Gasteiger partial charge in [-0.25, -0.2) is 8.78 Å². The summed E-state index contributed by atoms with van der Waals surface area (Å²) in [5, 5.41) is 0. The quantitative estimate of drug-likeness (QED) is 0.468. The van der Waals surface area contributed by atoms with Crippen molar-refractivity contribution in [1.82, 2.24) is 0 Å². The molecule has 0 rings (SSSR count). The van der Waals surface area contributed by atoms with Crippen molar-refractivity contribution in [2.24, 2.45) is 0 Å². The number of halogens is 2. The molecule has 0 aliphatic rings. The molecule has 0 saturated carbocycles. The number of alkyl halides is 2. The molecule has 0 heterocycles. The number of allylic oxidation sites excluding steroid dienone is 1. The zero-order valence-corrected chi connectivity index (χ0v) is 6.20. The first-order chi connectivity index (χ1) is 3.27. The van der Waals surface area contributed by atoms with E-state index < -0.39 is 6.43 Å². The molecular formula is C4H8F2Si. The predicted octanol–water partition coefficient (Wildman–Crippen LogP) is 0.521. The van der Waals surface area contributed by atoms with Crippen LogP contribution in [0.5, 0.6) is 0 Å². The first-order valence-corrected chi connectivity index (χ1v) is 3.32. The van der Waals surface area contributed by atoms with E-state index in [0.29, 0.717) is 0 Å². The van der Waals surface area contributed by atoms with Crippen LogP contribution in [0.15, 0.2) is 11.8 Å². The number of hydrogen-bond acceptors (Lipinski definition) is 0. The molecule has 0 atom stereocenters. The lowest BCUT2D eigenvalue weighted by Crippen LogP contribution is -1.83. The molecule has 0 aromatic rings. The van der Waals surface area contributed by atoms with E-state index in [1.165, 1.54) is 6.08 Å². The molecule has 0 spiro atoms. The fourth-order valence-electron chi connectivity index (χ4n) is 0.239. The first-order valence-electron chi connectivity index (χ1n) is 2.16. The Kier molecular flexibility index (Phi) is 3.88. The molecule has 42 valence electrons. The molecule has 0 aromatic heterocycles. The molecule has 0 aliphatic heterocycles. The van der Waals surface area contributed by atoms with E-state index in [4.69, 9.17) is 0 Å². The molecule has 0 saturated heterocycles. The Morgan fingerprint density at radius 3 is 2.29 bits per heavy atom. The van der Waals surface area contributed by atoms with Gasteiger partial charge in [0.2, 0.25) is 6.43 Å². The Morgan fingerprint density at radius 2 is 2.14 bits per heavy atom. The highest BCUT2D eigenvalue weighted by molar-refractivity contribution is 6.16. The van der Waals surface area contributed by atoms with E-state index >= 15 is 0 Å². The summed E-state index contributed by atoms with van der Waals surface area (Å²) >= 11 is 0. The zero-order chi connectivity index (χ0) is 5.70. The van der Waals surface area contributed by atoms with Gasteiger partial charge in [-0.15, -0.1) is 5.70 Å². The zero-order valence-electron chi connectivity index (χ0n) is 4.20. The summed E-state index contributed by atoms with van der Waals surface area (Å²) in [6.07, 6.45) is -0.731. The van der Waals surface area contributed by atoms with E-state index in [9.17, 15) is 8.78 Å². The summed E-state index contributed by atoms with van der Waals surface area (Å²) in [5.74, 6) is 0. The van der Waals surface area contributed by atoms with Crippen molar-refractivity contribution in [3.63, 3.8) is 0 Å². The maximum Gasteiger partial charge on any atom is 0.242 e. The van der Waals surface area contributed by atoms with Crippen LogP contribution in [0.1, 0.15) is 6.42 Å². The summed E-state index contributed by atoms with van der Waals surface area (Å²) in [6, 6.07) is 0. The molecule has 0 unspecified atom stereocenters. The molecule has 0 amide bonds. The van der Waals surface area contributed by atoms with E-state index in [0.717, 1.165) is 10.2 Å². The molecule has 0 N–H and O–H groups in total. The van der Waals surface area contributed by atoms with Crippen molar-refractivity contribution in [3.8, 4) is 0 Å². The van der Waals surface area contributed by atoms with E-state index in [2.05, 4.69) is 0 Å². The van der Waals surface area contributed by atoms with Gasteiger partial charge in [-0.1, -0.05) is 6.08 Å². The van der Waals surface area contributed by atoms with Crippen LogP contribution in [-0.2, 0) is 0 Å². The normalized spacial score (nSPS) is 11.9. The highest BCUT2D eigenvalue weighted by Gasteiger charge is 1.94. The van der Waals surface area contributed by atoms with Gasteiger partial charge in [0.05, 0.1) is 0 Å². The lowest BCUT2D eigenvalue weighted by molar-refractivity contribution is 0.152. The molecule has 7 heavy (non-hydrogen) atoms. The Labute approximate surface area is 44.6 Å². The van der Waals surface area contributed by atoms with Crippen LogP contribution in [0.3, 0.4) is 0 Å². The highest BCUT2D eigenvalue weighted by atomic mass is 28.1. The summed E-state index contributed by atoms with van der Waals surface area (Å²) in [7, 11) is 0.881. The van der Waals surface area contributed by atoms with Crippen molar-refractivity contribution >= 4 is 10.2 Å². The van der Waals surface area contributed by atoms with E-state index in [1.54, 1.807) is 5.70 Å². The second-order valence-electron chi connectivity index (χ2n) is 1.20. The third-order valence-corrected chi connectivity index (χ3v) is 1.02. The SMILES string of the molecule is FC(F)CC=C[SiH3]. The summed E-state index contributed by atoms with van der Waals surface area (Å²) in [6.45, 7) is 0. The molecule has 0 aromatic carbocycles. The van der Waals surface area contributed by atoms with Gasteiger partial charge in [0, 0.05) is 16.7 Å². The maximum atomic E-state index is 11.2. The smallest absolute Gasteiger partial charge is 0.210 e. The number of hydrogen-bond donors (Lipinski definition) is 0. The van der Waals surface area contributed by atoms with E-state index in [1.807, 2.05) is 0 Å². The van der Waals surface area contributed by atoms with Crippen molar-refractivity contribution in [3.05, 3.63) is 11.8 Å². The van der Waals surface area contributed by atoms with Gasteiger partial charge in [0.25, 0.3) is 0 Å². The van der Waals surface area contributed by atoms with E-state index in [-0.39, 0.29) is 6.42 Å².